The lowest BCUT2D eigenvalue weighted by atomic mass is 9.90. The van der Waals surface area contributed by atoms with Crippen molar-refractivity contribution in [3.8, 4) is 0 Å². The van der Waals surface area contributed by atoms with Crippen LogP contribution < -0.4 is 0 Å². The third-order valence-electron chi connectivity index (χ3n) is 5.77. The van der Waals surface area contributed by atoms with Gasteiger partial charge in [0.25, 0.3) is 0 Å². The average Bonchev–Trinajstić information content (AvgIpc) is 2.47. The van der Waals surface area contributed by atoms with Crippen LogP contribution in [0.1, 0.15) is 54.2 Å². The fraction of sp³-hybridized carbons (Fsp3) is 0.579. The van der Waals surface area contributed by atoms with Crippen molar-refractivity contribution in [2.75, 3.05) is 0 Å². The first-order valence-corrected chi connectivity index (χ1v) is 10.8. The summed E-state index contributed by atoms with van der Waals surface area (Å²) >= 11 is 0. The highest BCUT2D eigenvalue weighted by Gasteiger charge is 2.23. The molecule has 0 nitrogen and oxygen atoms in total. The van der Waals surface area contributed by atoms with Gasteiger partial charge in [0, 0.05) is 0 Å². The van der Waals surface area contributed by atoms with E-state index in [0.717, 1.165) is 0 Å². The molecule has 0 heterocycles. The molecule has 0 aliphatic carbocycles. The maximum atomic E-state index is 2.61. The van der Waals surface area contributed by atoms with E-state index in [4.69, 9.17) is 0 Å². The lowest BCUT2D eigenvalue weighted by Crippen LogP contribution is -2.28. The molecule has 0 aliphatic rings. The fourth-order valence-electron chi connectivity index (χ4n) is 3.14. The van der Waals surface area contributed by atoms with Crippen molar-refractivity contribution in [2.45, 2.75) is 73.5 Å². The predicted molar refractivity (Wildman–Crippen MR) is 96.4 cm³/mol. The second kappa shape index (κ2) is 6.75. The van der Waals surface area contributed by atoms with Gasteiger partial charge in [0.15, 0.2) is 0 Å². The highest BCUT2D eigenvalue weighted by atomic mass is 28.3. The quantitative estimate of drug-likeness (QED) is 0.558. The Bertz CT molecular complexity index is 468. The molecule has 0 radical (unpaired) electrons. The van der Waals surface area contributed by atoms with Gasteiger partial charge in [0.05, 0.1) is 8.07 Å². The summed E-state index contributed by atoms with van der Waals surface area (Å²) in [6.45, 7) is 18.4. The molecular weight excluding hydrogens is 256 g/mol. The highest BCUT2D eigenvalue weighted by Crippen LogP contribution is 2.29. The summed E-state index contributed by atoms with van der Waals surface area (Å²) in [5.41, 5.74) is 11.4. The van der Waals surface area contributed by atoms with E-state index in [-0.39, 0.29) is 0 Å². The molecule has 0 aromatic heterocycles. The normalized spacial score (nSPS) is 12.4. The summed E-state index contributed by atoms with van der Waals surface area (Å²) in [5, 5.41) is 0. The molecule has 0 amide bonds. The third-order valence-corrected chi connectivity index (χ3v) is 10.9. The smallest absolute Gasteiger partial charge is 0.0770 e. The Morgan fingerprint density at radius 3 is 1.35 bits per heavy atom. The Hall–Kier alpha value is -0.823. The minimum atomic E-state index is -1.17. The van der Waals surface area contributed by atoms with E-state index < -0.39 is 8.07 Å². The van der Waals surface area contributed by atoms with E-state index in [2.05, 4.69) is 67.2 Å². The van der Waals surface area contributed by atoms with Crippen LogP contribution in [0.15, 0.2) is 5.70 Å². The maximum Gasteiger partial charge on any atom is 0.0770 e. The van der Waals surface area contributed by atoms with Gasteiger partial charge < -0.3 is 0 Å². The lowest BCUT2D eigenvalue weighted by Gasteiger charge is -2.24. The minimum absolute atomic E-state index is 1.17. The predicted octanol–water partition coefficient (Wildman–Crippen LogP) is 6.29. The Balaban J connectivity index is 3.36. The number of hydrogen-bond donors (Lipinski definition) is 0. The van der Waals surface area contributed by atoms with Crippen LogP contribution in [0.3, 0.4) is 0 Å². The molecule has 0 atom stereocenters. The van der Waals surface area contributed by atoms with Crippen molar-refractivity contribution in [1.82, 2.24) is 0 Å². The van der Waals surface area contributed by atoms with Crippen LogP contribution in [0.2, 0.25) is 18.1 Å². The average molecular weight is 289 g/mol. The Kier molecular flexibility index (Phi) is 5.82. The van der Waals surface area contributed by atoms with E-state index in [1.807, 2.05) is 0 Å². The van der Waals surface area contributed by atoms with Crippen molar-refractivity contribution in [1.29, 1.82) is 0 Å². The van der Waals surface area contributed by atoms with E-state index >= 15 is 0 Å². The van der Waals surface area contributed by atoms with Gasteiger partial charge in [0.2, 0.25) is 0 Å². The highest BCUT2D eigenvalue weighted by molar-refractivity contribution is 6.84. The first-order valence-electron chi connectivity index (χ1n) is 8.09. The summed E-state index contributed by atoms with van der Waals surface area (Å²) < 4.78 is 0. The molecule has 1 aromatic carbocycles. The minimum Gasteiger partial charge on any atom is -0.0936 e. The molecule has 0 fully saturated rings. The molecule has 1 heteroatoms. The molecule has 0 spiro atoms. The molecule has 0 bridgehead atoms. The monoisotopic (exact) mass is 288 g/mol. The molecule has 0 aliphatic heterocycles. The van der Waals surface area contributed by atoms with Gasteiger partial charge in [-0.15, -0.1) is 0 Å². The van der Waals surface area contributed by atoms with Gasteiger partial charge in [0.1, 0.15) is 0 Å². The molecule has 1 aromatic rings. The zero-order chi connectivity index (χ0) is 15.5. The molecule has 20 heavy (non-hydrogen) atoms. The van der Waals surface area contributed by atoms with Gasteiger partial charge >= 0.3 is 0 Å². The molecule has 1 rings (SSSR count). The first kappa shape index (κ1) is 17.2. The molecular formula is C19H32Si. The van der Waals surface area contributed by atoms with Crippen molar-refractivity contribution in [2.24, 2.45) is 0 Å². The van der Waals surface area contributed by atoms with Crippen molar-refractivity contribution >= 4 is 14.1 Å². The lowest BCUT2D eigenvalue weighted by molar-refractivity contribution is 1.16. The van der Waals surface area contributed by atoms with Crippen LogP contribution in [0.25, 0.3) is 6.08 Å². The zero-order valence-electron chi connectivity index (χ0n) is 14.8. The second-order valence-electron chi connectivity index (χ2n) is 6.30. The number of hydrogen-bond acceptors (Lipinski definition) is 0. The topological polar surface area (TPSA) is 0 Å². The van der Waals surface area contributed by atoms with Crippen LogP contribution >= 0.6 is 0 Å². The molecule has 0 N–H and O–H groups in total. The van der Waals surface area contributed by atoms with E-state index in [9.17, 15) is 0 Å². The van der Waals surface area contributed by atoms with E-state index in [1.165, 1.54) is 51.5 Å². The first-order chi connectivity index (χ1) is 9.33. The summed E-state index contributed by atoms with van der Waals surface area (Å²) in [6, 6.07) is 4.08. The Labute approximate surface area is 127 Å². The molecule has 0 unspecified atom stereocenters. The number of benzene rings is 1. The Morgan fingerprint density at radius 2 is 1.00 bits per heavy atom. The van der Waals surface area contributed by atoms with E-state index in [1.54, 1.807) is 0 Å². The fourth-order valence-corrected chi connectivity index (χ4v) is 5.87. The summed E-state index contributed by atoms with van der Waals surface area (Å²) in [4.78, 5) is 0. The van der Waals surface area contributed by atoms with Crippen LogP contribution in [0.5, 0.6) is 0 Å². The van der Waals surface area contributed by atoms with Crippen molar-refractivity contribution in [3.05, 3.63) is 39.1 Å². The SMILES string of the molecule is CC[Si](/C=C/c1c(C)c(C)c(C)c(C)c1C)(CC)CC. The molecule has 112 valence electrons. The van der Waals surface area contributed by atoms with Gasteiger partial charge in [-0.25, -0.2) is 0 Å². The number of rotatable bonds is 5. The third kappa shape index (κ3) is 3.08. The summed E-state index contributed by atoms with van der Waals surface area (Å²) in [6.07, 6.45) is 2.45. The van der Waals surface area contributed by atoms with Crippen LogP contribution in [-0.4, -0.2) is 8.07 Å². The standard InChI is InChI=1S/C19H32Si/c1-9-20(10-2,11-3)13-12-19-17(7)15(5)14(4)16(6)18(19)8/h12-13H,9-11H2,1-8H3/b13-12+. The summed E-state index contributed by atoms with van der Waals surface area (Å²) in [5.74, 6) is 0. The van der Waals surface area contributed by atoms with Crippen LogP contribution in [-0.2, 0) is 0 Å². The van der Waals surface area contributed by atoms with Gasteiger partial charge in [-0.3, -0.25) is 0 Å². The van der Waals surface area contributed by atoms with E-state index in [0.29, 0.717) is 0 Å². The second-order valence-corrected chi connectivity index (χ2v) is 11.5. The largest absolute Gasteiger partial charge is 0.0936 e. The Morgan fingerprint density at radius 1 is 0.650 bits per heavy atom. The summed E-state index contributed by atoms with van der Waals surface area (Å²) in [7, 11) is -1.17. The van der Waals surface area contributed by atoms with Gasteiger partial charge in [-0.05, 0) is 68.0 Å². The van der Waals surface area contributed by atoms with Crippen LogP contribution in [0, 0.1) is 34.6 Å². The van der Waals surface area contributed by atoms with Gasteiger partial charge in [-0.2, -0.15) is 0 Å². The van der Waals surface area contributed by atoms with Crippen molar-refractivity contribution < 1.29 is 0 Å². The van der Waals surface area contributed by atoms with Crippen molar-refractivity contribution in [3.63, 3.8) is 0 Å². The maximum absolute atomic E-state index is 2.61. The van der Waals surface area contributed by atoms with Gasteiger partial charge in [-0.1, -0.05) is 50.7 Å². The molecule has 0 saturated carbocycles. The zero-order valence-corrected chi connectivity index (χ0v) is 15.8. The molecule has 0 saturated heterocycles. The van der Waals surface area contributed by atoms with Crippen LogP contribution in [0.4, 0.5) is 0 Å².